The molecule has 0 N–H and O–H groups in total. The van der Waals surface area contributed by atoms with Gasteiger partial charge in [-0.25, -0.2) is 4.98 Å². The van der Waals surface area contributed by atoms with Crippen molar-refractivity contribution in [2.24, 2.45) is 0 Å². The molecule has 0 atom stereocenters. The Balaban J connectivity index is 1.69. The molecule has 5 heteroatoms. The number of rotatable bonds is 3. The van der Waals surface area contributed by atoms with Crippen LogP contribution < -0.4 is 4.74 Å². The summed E-state index contributed by atoms with van der Waals surface area (Å²) in [6, 6.07) is 13.6. The monoisotopic (exact) mass is 333 g/mol. The minimum Gasteiger partial charge on any atom is -0.480 e. The molecule has 0 radical (unpaired) electrons. The zero-order valence-electron chi connectivity index (χ0n) is 14.1. The number of ether oxygens (including phenoxy) is 1. The molecule has 0 aliphatic carbocycles. The van der Waals surface area contributed by atoms with Gasteiger partial charge < -0.3 is 9.64 Å². The number of nitrogens with zero attached hydrogens (tertiary/aromatic N) is 3. The Hall–Kier alpha value is -2.95. The molecule has 1 amide bonds. The molecule has 1 aromatic carbocycles. The fourth-order valence-electron chi connectivity index (χ4n) is 3.22. The lowest BCUT2D eigenvalue weighted by Crippen LogP contribution is -2.27. The second-order valence-electron chi connectivity index (χ2n) is 6.17. The van der Waals surface area contributed by atoms with Crippen LogP contribution in [0.25, 0.3) is 22.2 Å². The van der Waals surface area contributed by atoms with E-state index in [1.807, 2.05) is 47.4 Å². The van der Waals surface area contributed by atoms with Crippen LogP contribution in [0.4, 0.5) is 0 Å². The summed E-state index contributed by atoms with van der Waals surface area (Å²) in [5, 5.41) is 1.03. The lowest BCUT2D eigenvalue weighted by atomic mass is 10.1. The maximum atomic E-state index is 12.4. The second kappa shape index (κ2) is 6.51. The number of methoxy groups -OCH3 is 1. The van der Waals surface area contributed by atoms with E-state index in [0.717, 1.165) is 48.1 Å². The second-order valence-corrected chi connectivity index (χ2v) is 6.17. The van der Waals surface area contributed by atoms with Gasteiger partial charge >= 0.3 is 0 Å². The average molecular weight is 333 g/mol. The zero-order valence-corrected chi connectivity index (χ0v) is 14.1. The van der Waals surface area contributed by atoms with Crippen molar-refractivity contribution in [1.82, 2.24) is 14.9 Å². The SMILES string of the molecule is COc1nc2ccccc2cc1-c1ccc(C(=O)N2CCCC2)cn1. The molecule has 3 heterocycles. The first-order valence-electron chi connectivity index (χ1n) is 8.46. The highest BCUT2D eigenvalue weighted by molar-refractivity contribution is 5.94. The smallest absolute Gasteiger partial charge is 0.255 e. The highest BCUT2D eigenvalue weighted by Gasteiger charge is 2.20. The Morgan fingerprint density at radius 2 is 1.92 bits per heavy atom. The van der Waals surface area contributed by atoms with Gasteiger partial charge in [0, 0.05) is 24.7 Å². The summed E-state index contributed by atoms with van der Waals surface area (Å²) in [4.78, 5) is 23.4. The van der Waals surface area contributed by atoms with Gasteiger partial charge in [0.1, 0.15) is 0 Å². The quantitative estimate of drug-likeness (QED) is 0.736. The first kappa shape index (κ1) is 15.6. The summed E-state index contributed by atoms with van der Waals surface area (Å²) in [7, 11) is 1.60. The van der Waals surface area contributed by atoms with Gasteiger partial charge in [0.2, 0.25) is 5.88 Å². The van der Waals surface area contributed by atoms with E-state index < -0.39 is 0 Å². The largest absolute Gasteiger partial charge is 0.480 e. The number of carbonyl (C=O) groups is 1. The molecule has 4 rings (SSSR count). The molecule has 126 valence electrons. The van der Waals surface area contributed by atoms with Crippen LogP contribution >= 0.6 is 0 Å². The van der Waals surface area contributed by atoms with E-state index in [2.05, 4.69) is 9.97 Å². The van der Waals surface area contributed by atoms with Crippen molar-refractivity contribution in [2.75, 3.05) is 20.2 Å². The van der Waals surface area contributed by atoms with Gasteiger partial charge in [0.05, 0.1) is 29.4 Å². The van der Waals surface area contributed by atoms with E-state index in [-0.39, 0.29) is 5.91 Å². The van der Waals surface area contributed by atoms with Crippen molar-refractivity contribution in [3.05, 3.63) is 54.2 Å². The Morgan fingerprint density at radius 3 is 2.64 bits per heavy atom. The Bertz CT molecular complexity index is 916. The average Bonchev–Trinajstić information content (AvgIpc) is 3.21. The molecule has 0 spiro atoms. The lowest BCUT2D eigenvalue weighted by Gasteiger charge is -2.15. The summed E-state index contributed by atoms with van der Waals surface area (Å²) < 4.78 is 5.44. The van der Waals surface area contributed by atoms with Crippen molar-refractivity contribution >= 4 is 16.8 Å². The number of hydrogen-bond acceptors (Lipinski definition) is 4. The molecule has 5 nitrogen and oxygen atoms in total. The van der Waals surface area contributed by atoms with Gasteiger partial charge in [-0.1, -0.05) is 18.2 Å². The summed E-state index contributed by atoms with van der Waals surface area (Å²) in [5.41, 5.74) is 3.07. The fraction of sp³-hybridized carbons (Fsp3) is 0.250. The van der Waals surface area contributed by atoms with E-state index in [4.69, 9.17) is 4.74 Å². The van der Waals surface area contributed by atoms with Gasteiger partial charge in [-0.05, 0) is 37.1 Å². The van der Waals surface area contributed by atoms with Crippen LogP contribution in [0, 0.1) is 0 Å². The number of benzene rings is 1. The highest BCUT2D eigenvalue weighted by Crippen LogP contribution is 2.30. The molecular formula is C20H19N3O2. The van der Waals surface area contributed by atoms with Crippen molar-refractivity contribution in [2.45, 2.75) is 12.8 Å². The third-order valence-electron chi connectivity index (χ3n) is 4.56. The van der Waals surface area contributed by atoms with E-state index in [1.165, 1.54) is 0 Å². The number of para-hydroxylation sites is 1. The number of aromatic nitrogens is 2. The van der Waals surface area contributed by atoms with Crippen LogP contribution in [-0.2, 0) is 0 Å². The number of amides is 1. The van der Waals surface area contributed by atoms with Crippen LogP contribution in [0.15, 0.2) is 48.7 Å². The van der Waals surface area contributed by atoms with Crippen molar-refractivity contribution in [3.63, 3.8) is 0 Å². The summed E-state index contributed by atoms with van der Waals surface area (Å²) in [6.45, 7) is 1.67. The summed E-state index contributed by atoms with van der Waals surface area (Å²) in [6.07, 6.45) is 3.80. The molecule has 1 aliphatic rings. The number of carbonyl (C=O) groups excluding carboxylic acids is 1. The predicted molar refractivity (Wildman–Crippen MR) is 96.7 cm³/mol. The van der Waals surface area contributed by atoms with E-state index in [1.54, 1.807) is 13.3 Å². The number of pyridine rings is 2. The van der Waals surface area contributed by atoms with Crippen LogP contribution in [-0.4, -0.2) is 41.0 Å². The predicted octanol–water partition coefficient (Wildman–Crippen LogP) is 3.54. The van der Waals surface area contributed by atoms with Gasteiger partial charge in [0.25, 0.3) is 5.91 Å². The third kappa shape index (κ3) is 2.93. The first-order chi connectivity index (χ1) is 12.3. The van der Waals surface area contributed by atoms with E-state index in [0.29, 0.717) is 11.4 Å². The Labute approximate surface area is 146 Å². The van der Waals surface area contributed by atoms with Gasteiger partial charge in [-0.2, -0.15) is 0 Å². The van der Waals surface area contributed by atoms with Crippen LogP contribution in [0.1, 0.15) is 23.2 Å². The number of hydrogen-bond donors (Lipinski definition) is 0. The highest BCUT2D eigenvalue weighted by atomic mass is 16.5. The number of fused-ring (bicyclic) bond motifs is 1. The molecule has 1 fully saturated rings. The summed E-state index contributed by atoms with van der Waals surface area (Å²) >= 11 is 0. The molecule has 0 saturated carbocycles. The maximum Gasteiger partial charge on any atom is 0.255 e. The minimum atomic E-state index is 0.0557. The van der Waals surface area contributed by atoms with Crippen LogP contribution in [0.3, 0.4) is 0 Å². The zero-order chi connectivity index (χ0) is 17.2. The summed E-state index contributed by atoms with van der Waals surface area (Å²) in [5.74, 6) is 0.588. The lowest BCUT2D eigenvalue weighted by molar-refractivity contribution is 0.0792. The van der Waals surface area contributed by atoms with Gasteiger partial charge in [0.15, 0.2) is 0 Å². The Kier molecular flexibility index (Phi) is 4.06. The molecular weight excluding hydrogens is 314 g/mol. The van der Waals surface area contributed by atoms with Crippen molar-refractivity contribution < 1.29 is 9.53 Å². The van der Waals surface area contributed by atoms with Crippen LogP contribution in [0.2, 0.25) is 0 Å². The van der Waals surface area contributed by atoms with Gasteiger partial charge in [-0.15, -0.1) is 0 Å². The van der Waals surface area contributed by atoms with E-state index >= 15 is 0 Å². The fourth-order valence-corrected chi connectivity index (χ4v) is 3.22. The molecule has 0 unspecified atom stereocenters. The number of likely N-dealkylation sites (tertiary alicyclic amines) is 1. The van der Waals surface area contributed by atoms with Crippen LogP contribution in [0.5, 0.6) is 5.88 Å². The molecule has 0 bridgehead atoms. The molecule has 1 saturated heterocycles. The Morgan fingerprint density at radius 1 is 1.12 bits per heavy atom. The third-order valence-corrected chi connectivity index (χ3v) is 4.56. The first-order valence-corrected chi connectivity index (χ1v) is 8.46. The van der Waals surface area contributed by atoms with Crippen molar-refractivity contribution in [1.29, 1.82) is 0 Å². The normalized spacial score (nSPS) is 14.0. The minimum absolute atomic E-state index is 0.0557. The molecule has 1 aliphatic heterocycles. The maximum absolute atomic E-state index is 12.4. The van der Waals surface area contributed by atoms with E-state index in [9.17, 15) is 4.79 Å². The molecule has 2 aromatic heterocycles. The molecule has 25 heavy (non-hydrogen) atoms. The topological polar surface area (TPSA) is 55.3 Å². The molecule has 3 aromatic rings. The standard InChI is InChI=1S/C20H19N3O2/c1-25-19-16(12-14-6-2-3-7-17(14)22-19)18-9-8-15(13-21-18)20(24)23-10-4-5-11-23/h2-3,6-9,12-13H,4-5,10-11H2,1H3. The van der Waals surface area contributed by atoms with Gasteiger partial charge in [-0.3, -0.25) is 9.78 Å². The van der Waals surface area contributed by atoms with Crippen molar-refractivity contribution in [3.8, 4) is 17.1 Å².